The van der Waals surface area contributed by atoms with Crippen molar-refractivity contribution in [2.24, 2.45) is 0 Å². The number of aromatic carboxylic acids is 1. The first-order chi connectivity index (χ1) is 8.08. The number of hydrogen-bond acceptors (Lipinski definition) is 3. The van der Waals surface area contributed by atoms with E-state index in [4.69, 9.17) is 5.11 Å². The van der Waals surface area contributed by atoms with Gasteiger partial charge in [-0.3, -0.25) is 4.98 Å². The molecule has 4 nitrogen and oxygen atoms in total. The molecular weight excluding hydrogens is 218 g/mol. The molecule has 0 radical (unpaired) electrons. The summed E-state index contributed by atoms with van der Waals surface area (Å²) in [7, 11) is 0. The van der Waals surface area contributed by atoms with Gasteiger partial charge in [0, 0.05) is 11.8 Å². The third-order valence-electron chi connectivity index (χ3n) is 2.51. The van der Waals surface area contributed by atoms with Gasteiger partial charge in [-0.05, 0) is 36.2 Å². The Balaban J connectivity index is 2.50. The van der Waals surface area contributed by atoms with Crippen LogP contribution in [0.4, 0.5) is 0 Å². The van der Waals surface area contributed by atoms with Crippen molar-refractivity contribution in [3.8, 4) is 16.9 Å². The molecule has 1 aromatic heterocycles. The highest BCUT2D eigenvalue weighted by Gasteiger charge is 2.07. The molecule has 17 heavy (non-hydrogen) atoms. The summed E-state index contributed by atoms with van der Waals surface area (Å²) < 4.78 is 0. The highest BCUT2D eigenvalue weighted by Crippen LogP contribution is 2.25. The fourth-order valence-corrected chi connectivity index (χ4v) is 1.70. The maximum atomic E-state index is 10.8. The summed E-state index contributed by atoms with van der Waals surface area (Å²) in [5.41, 5.74) is 2.70. The zero-order valence-electron chi connectivity index (χ0n) is 9.21. The van der Waals surface area contributed by atoms with Gasteiger partial charge in [-0.1, -0.05) is 6.07 Å². The molecular formula is C13H11NO3. The predicted molar refractivity (Wildman–Crippen MR) is 63.0 cm³/mol. The molecule has 1 aromatic carbocycles. The molecule has 0 saturated heterocycles. The van der Waals surface area contributed by atoms with Gasteiger partial charge in [-0.2, -0.15) is 0 Å². The van der Waals surface area contributed by atoms with Crippen LogP contribution in [0.2, 0.25) is 0 Å². The van der Waals surface area contributed by atoms with Crippen LogP contribution >= 0.6 is 0 Å². The zero-order chi connectivity index (χ0) is 12.4. The average molecular weight is 229 g/mol. The molecule has 0 saturated carbocycles. The zero-order valence-corrected chi connectivity index (χ0v) is 9.21. The van der Waals surface area contributed by atoms with Crippen LogP contribution in [0, 0.1) is 6.92 Å². The molecule has 4 heteroatoms. The summed E-state index contributed by atoms with van der Waals surface area (Å²) in [5.74, 6) is -0.863. The quantitative estimate of drug-likeness (QED) is 0.829. The summed E-state index contributed by atoms with van der Waals surface area (Å²) in [5, 5.41) is 18.2. The second kappa shape index (κ2) is 4.25. The van der Waals surface area contributed by atoms with Crippen LogP contribution < -0.4 is 0 Å². The highest BCUT2D eigenvalue weighted by molar-refractivity contribution is 5.89. The normalized spacial score (nSPS) is 10.2. The fourth-order valence-electron chi connectivity index (χ4n) is 1.70. The lowest BCUT2D eigenvalue weighted by molar-refractivity contribution is 0.0697. The number of aryl methyl sites for hydroxylation is 1. The van der Waals surface area contributed by atoms with E-state index in [9.17, 15) is 9.90 Å². The van der Waals surface area contributed by atoms with E-state index in [-0.39, 0.29) is 11.3 Å². The van der Waals surface area contributed by atoms with E-state index in [2.05, 4.69) is 4.98 Å². The first-order valence-corrected chi connectivity index (χ1v) is 5.06. The van der Waals surface area contributed by atoms with Gasteiger partial charge in [-0.15, -0.1) is 0 Å². The van der Waals surface area contributed by atoms with Crippen LogP contribution in [-0.2, 0) is 0 Å². The third kappa shape index (κ3) is 2.25. The predicted octanol–water partition coefficient (Wildman–Crippen LogP) is 2.46. The molecule has 86 valence electrons. The number of carboxylic acids is 1. The minimum Gasteiger partial charge on any atom is -0.506 e. The van der Waals surface area contributed by atoms with E-state index < -0.39 is 5.97 Å². The lowest BCUT2D eigenvalue weighted by Gasteiger charge is -2.07. The molecule has 0 fully saturated rings. The monoisotopic (exact) mass is 229 g/mol. The number of carbonyl (C=O) groups is 1. The maximum absolute atomic E-state index is 10.8. The van der Waals surface area contributed by atoms with E-state index in [1.165, 1.54) is 12.3 Å². The molecule has 1 heterocycles. The molecule has 2 aromatic rings. The first-order valence-electron chi connectivity index (χ1n) is 5.06. The number of hydrogen-bond donors (Lipinski definition) is 2. The molecule has 0 aliphatic rings. The lowest BCUT2D eigenvalue weighted by Crippen LogP contribution is -1.97. The van der Waals surface area contributed by atoms with Crippen molar-refractivity contribution in [2.75, 3.05) is 0 Å². The van der Waals surface area contributed by atoms with Gasteiger partial charge < -0.3 is 10.2 Å². The van der Waals surface area contributed by atoms with Crippen LogP contribution in [-0.4, -0.2) is 21.2 Å². The lowest BCUT2D eigenvalue weighted by atomic mass is 10.00. The number of benzene rings is 1. The molecule has 0 spiro atoms. The highest BCUT2D eigenvalue weighted by atomic mass is 16.4. The van der Waals surface area contributed by atoms with Crippen LogP contribution in [0.1, 0.15) is 15.9 Å². The molecule has 2 N–H and O–H groups in total. The minimum atomic E-state index is -0.950. The minimum absolute atomic E-state index is 0.0872. The van der Waals surface area contributed by atoms with Gasteiger partial charge in [-0.25, -0.2) is 4.79 Å². The van der Waals surface area contributed by atoms with Crippen molar-refractivity contribution in [3.05, 3.63) is 47.8 Å². The molecule has 0 bridgehead atoms. The van der Waals surface area contributed by atoms with Gasteiger partial charge in [0.05, 0.1) is 11.8 Å². The molecule has 0 atom stereocenters. The smallest absolute Gasteiger partial charge is 0.335 e. The molecule has 0 aliphatic heterocycles. The van der Waals surface area contributed by atoms with Gasteiger partial charge in [0.15, 0.2) is 0 Å². The number of rotatable bonds is 2. The summed E-state index contributed by atoms with van der Waals surface area (Å²) in [6.45, 7) is 1.83. The Morgan fingerprint density at radius 1 is 1.24 bits per heavy atom. The number of aromatic nitrogens is 1. The van der Waals surface area contributed by atoms with E-state index >= 15 is 0 Å². The molecule has 0 aliphatic carbocycles. The Morgan fingerprint density at radius 2 is 2.00 bits per heavy atom. The molecule has 0 unspecified atom stereocenters. The van der Waals surface area contributed by atoms with Crippen LogP contribution in [0.5, 0.6) is 5.75 Å². The van der Waals surface area contributed by atoms with Crippen molar-refractivity contribution in [3.63, 3.8) is 0 Å². The third-order valence-corrected chi connectivity index (χ3v) is 2.51. The van der Waals surface area contributed by atoms with Gasteiger partial charge in [0.2, 0.25) is 0 Å². The SMILES string of the molecule is Cc1cc(C(=O)O)ccc1-c1cncc(O)c1. The van der Waals surface area contributed by atoms with E-state index in [0.717, 1.165) is 16.7 Å². The summed E-state index contributed by atoms with van der Waals surface area (Å²) in [6.07, 6.45) is 2.98. The maximum Gasteiger partial charge on any atom is 0.335 e. The summed E-state index contributed by atoms with van der Waals surface area (Å²) >= 11 is 0. The van der Waals surface area contributed by atoms with Crippen molar-refractivity contribution < 1.29 is 15.0 Å². The van der Waals surface area contributed by atoms with Crippen LogP contribution in [0.15, 0.2) is 36.7 Å². The summed E-state index contributed by atoms with van der Waals surface area (Å²) in [4.78, 5) is 14.7. The van der Waals surface area contributed by atoms with Crippen LogP contribution in [0.25, 0.3) is 11.1 Å². The standard InChI is InChI=1S/C13H11NO3/c1-8-4-9(13(16)17)2-3-12(8)10-5-11(15)7-14-6-10/h2-7,15H,1H3,(H,16,17). The largest absolute Gasteiger partial charge is 0.506 e. The van der Waals surface area contributed by atoms with Gasteiger partial charge >= 0.3 is 5.97 Å². The molecule has 0 amide bonds. The Morgan fingerprint density at radius 3 is 2.59 bits per heavy atom. The van der Waals surface area contributed by atoms with Gasteiger partial charge in [0.1, 0.15) is 5.75 Å². The Labute approximate surface area is 98.2 Å². The number of aromatic hydroxyl groups is 1. The second-order valence-electron chi connectivity index (χ2n) is 3.77. The van der Waals surface area contributed by atoms with Crippen molar-refractivity contribution in [1.29, 1.82) is 0 Å². The average Bonchev–Trinajstić information content (AvgIpc) is 2.28. The Hall–Kier alpha value is -2.36. The fraction of sp³-hybridized carbons (Fsp3) is 0.0769. The van der Waals surface area contributed by atoms with Crippen LogP contribution in [0.3, 0.4) is 0 Å². The second-order valence-corrected chi connectivity index (χ2v) is 3.77. The van der Waals surface area contributed by atoms with Crippen molar-refractivity contribution in [1.82, 2.24) is 4.98 Å². The Bertz CT molecular complexity index is 579. The molecule has 2 rings (SSSR count). The number of pyridine rings is 1. The Kier molecular flexibility index (Phi) is 2.78. The van der Waals surface area contributed by atoms with Crippen molar-refractivity contribution in [2.45, 2.75) is 6.92 Å². The topological polar surface area (TPSA) is 70.4 Å². The number of carboxylic acid groups (broad SMARTS) is 1. The van der Waals surface area contributed by atoms with Crippen molar-refractivity contribution >= 4 is 5.97 Å². The number of nitrogens with zero attached hydrogens (tertiary/aromatic N) is 1. The van der Waals surface area contributed by atoms with E-state index in [1.54, 1.807) is 24.4 Å². The van der Waals surface area contributed by atoms with Gasteiger partial charge in [0.25, 0.3) is 0 Å². The summed E-state index contributed by atoms with van der Waals surface area (Å²) in [6, 6.07) is 6.45. The van der Waals surface area contributed by atoms with E-state index in [1.807, 2.05) is 6.92 Å². The van der Waals surface area contributed by atoms with E-state index in [0.29, 0.717) is 0 Å². The first kappa shape index (κ1) is 11.1.